The Morgan fingerprint density at radius 1 is 1.26 bits per heavy atom. The molecule has 0 saturated carbocycles. The van der Waals surface area contributed by atoms with E-state index < -0.39 is 34.1 Å². The number of ether oxygens (including phenoxy) is 1. The summed E-state index contributed by atoms with van der Waals surface area (Å²) >= 11 is 0. The van der Waals surface area contributed by atoms with Gasteiger partial charge in [0.1, 0.15) is 0 Å². The Morgan fingerprint density at radius 3 is 2.44 bits per heavy atom. The number of carbonyl (C=O) groups excluding carboxylic acids is 1. The normalized spacial score (nSPS) is 20.7. The zero-order chi connectivity index (χ0) is 20.4. The second kappa shape index (κ2) is 8.37. The molecule has 1 aromatic carbocycles. The Bertz CT molecular complexity index is 819. The molecule has 1 unspecified atom stereocenters. The van der Waals surface area contributed by atoms with Crippen LogP contribution in [0.1, 0.15) is 36.7 Å². The van der Waals surface area contributed by atoms with Crippen molar-refractivity contribution in [3.8, 4) is 0 Å². The van der Waals surface area contributed by atoms with Gasteiger partial charge in [0, 0.05) is 25.2 Å². The van der Waals surface area contributed by atoms with Crippen LogP contribution in [-0.4, -0.2) is 73.0 Å². The average molecular weight is 398 g/mol. The van der Waals surface area contributed by atoms with Crippen molar-refractivity contribution < 1.29 is 27.9 Å². The van der Waals surface area contributed by atoms with Crippen LogP contribution in [0.4, 0.5) is 0 Å². The summed E-state index contributed by atoms with van der Waals surface area (Å²) in [5.74, 6) is -1.54. The molecule has 1 saturated heterocycles. The highest BCUT2D eigenvalue weighted by molar-refractivity contribution is 7.89. The molecule has 150 valence electrons. The predicted molar refractivity (Wildman–Crippen MR) is 99.2 cm³/mol. The molecule has 27 heavy (non-hydrogen) atoms. The van der Waals surface area contributed by atoms with Gasteiger partial charge in [-0.3, -0.25) is 4.79 Å². The highest BCUT2D eigenvalue weighted by Crippen LogP contribution is 2.23. The molecule has 1 aromatic rings. The first kappa shape index (κ1) is 21.3. The first-order valence-corrected chi connectivity index (χ1v) is 10.3. The molecule has 1 aliphatic heterocycles. The minimum absolute atomic E-state index is 0.0789. The van der Waals surface area contributed by atoms with Gasteiger partial charge < -0.3 is 14.7 Å². The van der Waals surface area contributed by atoms with Crippen molar-refractivity contribution in [1.82, 2.24) is 9.21 Å². The van der Waals surface area contributed by atoms with Crippen molar-refractivity contribution >= 4 is 21.9 Å². The molecule has 1 amide bonds. The Labute approximate surface area is 159 Å². The Balaban J connectivity index is 2.37. The molecular weight excluding hydrogens is 372 g/mol. The summed E-state index contributed by atoms with van der Waals surface area (Å²) in [5.41, 5.74) is 0.766. The molecule has 1 N–H and O–H groups in total. The van der Waals surface area contributed by atoms with Crippen molar-refractivity contribution in [1.29, 1.82) is 0 Å². The highest BCUT2D eigenvalue weighted by Gasteiger charge is 2.33. The van der Waals surface area contributed by atoms with E-state index in [2.05, 4.69) is 0 Å². The van der Waals surface area contributed by atoms with Crippen molar-refractivity contribution in [2.75, 3.05) is 26.2 Å². The number of aryl methyl sites for hydroxylation is 1. The molecule has 0 radical (unpaired) electrons. The van der Waals surface area contributed by atoms with Gasteiger partial charge in [-0.25, -0.2) is 13.2 Å². The average Bonchev–Trinajstić information content (AvgIpc) is 2.61. The standard InChI is InChI=1S/C18H26N2O6S/c1-5-20(6-2)27(24,25)16-9-14(8-7-12(16)3)17(21)19-10-13(4)26-15(11-19)18(22)23/h7-9,13,15H,5-6,10-11H2,1-4H3,(H,22,23)/t13-,15?/m1/s1. The molecule has 0 aromatic heterocycles. The highest BCUT2D eigenvalue weighted by atomic mass is 32.2. The molecular formula is C18H26N2O6S. The summed E-state index contributed by atoms with van der Waals surface area (Å²) in [5, 5.41) is 9.18. The lowest BCUT2D eigenvalue weighted by molar-refractivity contribution is -0.160. The molecule has 1 aliphatic rings. The summed E-state index contributed by atoms with van der Waals surface area (Å²) in [6, 6.07) is 4.54. The number of rotatable bonds is 6. The Morgan fingerprint density at radius 2 is 1.89 bits per heavy atom. The van der Waals surface area contributed by atoms with E-state index in [1.165, 1.54) is 15.3 Å². The number of carboxylic acids is 1. The quantitative estimate of drug-likeness (QED) is 0.775. The zero-order valence-electron chi connectivity index (χ0n) is 16.0. The van der Waals surface area contributed by atoms with Gasteiger partial charge in [-0.1, -0.05) is 19.9 Å². The summed E-state index contributed by atoms with van der Waals surface area (Å²) in [7, 11) is -3.71. The lowest BCUT2D eigenvalue weighted by Crippen LogP contribution is -2.51. The fraction of sp³-hybridized carbons (Fsp3) is 0.556. The van der Waals surface area contributed by atoms with Gasteiger partial charge >= 0.3 is 5.97 Å². The SMILES string of the molecule is CCN(CC)S(=O)(=O)c1cc(C(=O)N2CC(C(=O)O)O[C@H](C)C2)ccc1C. The van der Waals surface area contributed by atoms with Gasteiger partial charge in [-0.2, -0.15) is 4.31 Å². The molecule has 1 heterocycles. The van der Waals surface area contributed by atoms with Gasteiger partial charge in [0.05, 0.1) is 17.5 Å². The van der Waals surface area contributed by atoms with Crippen molar-refractivity contribution in [2.24, 2.45) is 0 Å². The van der Waals surface area contributed by atoms with E-state index in [-0.39, 0.29) is 23.5 Å². The summed E-state index contributed by atoms with van der Waals surface area (Å²) in [6.07, 6.45) is -1.52. The number of morpholine rings is 1. The van der Waals surface area contributed by atoms with Crippen LogP contribution >= 0.6 is 0 Å². The monoisotopic (exact) mass is 398 g/mol. The van der Waals surface area contributed by atoms with Crippen LogP contribution < -0.4 is 0 Å². The summed E-state index contributed by atoms with van der Waals surface area (Å²) < 4.78 is 32.4. The van der Waals surface area contributed by atoms with Crippen LogP contribution in [0.15, 0.2) is 23.1 Å². The molecule has 0 bridgehead atoms. The maximum absolute atomic E-state index is 12.9. The topological polar surface area (TPSA) is 104 Å². The van der Waals surface area contributed by atoms with Crippen molar-refractivity contribution in [3.05, 3.63) is 29.3 Å². The molecule has 1 fully saturated rings. The number of sulfonamides is 1. The third-order valence-electron chi connectivity index (χ3n) is 4.58. The van der Waals surface area contributed by atoms with Crippen LogP contribution in [0, 0.1) is 6.92 Å². The van der Waals surface area contributed by atoms with Crippen LogP contribution in [0.2, 0.25) is 0 Å². The fourth-order valence-corrected chi connectivity index (χ4v) is 4.86. The minimum atomic E-state index is -3.71. The van der Waals surface area contributed by atoms with Crippen LogP contribution in [0.5, 0.6) is 0 Å². The van der Waals surface area contributed by atoms with Gasteiger partial charge in [-0.15, -0.1) is 0 Å². The Kier molecular flexibility index (Phi) is 6.61. The number of nitrogens with zero attached hydrogens (tertiary/aromatic N) is 2. The molecule has 8 nitrogen and oxygen atoms in total. The number of benzene rings is 1. The second-order valence-electron chi connectivity index (χ2n) is 6.55. The van der Waals surface area contributed by atoms with E-state index >= 15 is 0 Å². The molecule has 2 rings (SSSR count). The first-order valence-electron chi connectivity index (χ1n) is 8.90. The van der Waals surface area contributed by atoms with Gasteiger partial charge in [0.2, 0.25) is 10.0 Å². The van der Waals surface area contributed by atoms with E-state index in [0.717, 1.165) is 0 Å². The zero-order valence-corrected chi connectivity index (χ0v) is 16.8. The summed E-state index contributed by atoms with van der Waals surface area (Å²) in [4.78, 5) is 25.6. The molecule has 0 aliphatic carbocycles. The van der Waals surface area contributed by atoms with E-state index in [1.807, 2.05) is 0 Å². The number of aliphatic carboxylic acids is 1. The number of amides is 1. The van der Waals surface area contributed by atoms with Crippen LogP contribution in [0.25, 0.3) is 0 Å². The maximum atomic E-state index is 12.9. The third-order valence-corrected chi connectivity index (χ3v) is 6.77. The molecule has 9 heteroatoms. The number of carbonyl (C=O) groups is 2. The van der Waals surface area contributed by atoms with Gasteiger partial charge in [0.25, 0.3) is 5.91 Å². The number of hydrogen-bond acceptors (Lipinski definition) is 5. The van der Waals surface area contributed by atoms with Crippen molar-refractivity contribution in [2.45, 2.75) is 44.8 Å². The van der Waals surface area contributed by atoms with Gasteiger partial charge in [-0.05, 0) is 31.5 Å². The first-order chi connectivity index (χ1) is 12.6. The van der Waals surface area contributed by atoms with Crippen LogP contribution in [0.3, 0.4) is 0 Å². The molecule has 2 atom stereocenters. The van der Waals surface area contributed by atoms with E-state index in [1.54, 1.807) is 39.8 Å². The van der Waals surface area contributed by atoms with E-state index in [4.69, 9.17) is 4.74 Å². The third kappa shape index (κ3) is 4.48. The number of hydrogen-bond donors (Lipinski definition) is 1. The lowest BCUT2D eigenvalue weighted by Gasteiger charge is -2.35. The van der Waals surface area contributed by atoms with E-state index in [9.17, 15) is 23.1 Å². The minimum Gasteiger partial charge on any atom is -0.479 e. The largest absolute Gasteiger partial charge is 0.479 e. The number of carboxylic acid groups (broad SMARTS) is 1. The van der Waals surface area contributed by atoms with Crippen molar-refractivity contribution in [3.63, 3.8) is 0 Å². The lowest BCUT2D eigenvalue weighted by atomic mass is 10.1. The Hall–Kier alpha value is -1.97. The predicted octanol–water partition coefficient (Wildman–Crippen LogP) is 1.34. The van der Waals surface area contributed by atoms with Crippen LogP contribution in [-0.2, 0) is 19.6 Å². The molecule has 0 spiro atoms. The smallest absolute Gasteiger partial charge is 0.334 e. The maximum Gasteiger partial charge on any atom is 0.334 e. The second-order valence-corrected chi connectivity index (χ2v) is 8.46. The fourth-order valence-electron chi connectivity index (χ4n) is 3.15. The van der Waals surface area contributed by atoms with Gasteiger partial charge in [0.15, 0.2) is 6.10 Å². The van der Waals surface area contributed by atoms with E-state index in [0.29, 0.717) is 18.7 Å². The summed E-state index contributed by atoms with van der Waals surface area (Å²) in [6.45, 7) is 7.72.